The van der Waals surface area contributed by atoms with Crippen molar-refractivity contribution in [2.75, 3.05) is 7.11 Å². The quantitative estimate of drug-likeness (QED) is 0.815. The molecule has 1 unspecified atom stereocenters. The van der Waals surface area contributed by atoms with Gasteiger partial charge in [-0.25, -0.2) is 0 Å². The fourth-order valence-electron chi connectivity index (χ4n) is 1.36. The first-order valence-corrected chi connectivity index (χ1v) is 4.37. The monoisotopic (exact) mass is 205 g/mol. The number of hydrogen-bond acceptors (Lipinski definition) is 3. The minimum atomic E-state index is -1.13. The van der Waals surface area contributed by atoms with E-state index in [0.29, 0.717) is 11.3 Å². The van der Waals surface area contributed by atoms with Crippen molar-refractivity contribution in [3.8, 4) is 11.8 Å². The topological polar surface area (TPSA) is 70.3 Å². The summed E-state index contributed by atoms with van der Waals surface area (Å²) >= 11 is 0. The second kappa shape index (κ2) is 4.47. The van der Waals surface area contributed by atoms with Crippen LogP contribution in [0.15, 0.2) is 18.2 Å². The predicted molar refractivity (Wildman–Crippen MR) is 53.7 cm³/mol. The highest BCUT2D eigenvalue weighted by Gasteiger charge is 2.20. The Morgan fingerprint density at radius 1 is 1.60 bits per heavy atom. The van der Waals surface area contributed by atoms with Crippen molar-refractivity contribution < 1.29 is 14.6 Å². The summed E-state index contributed by atoms with van der Waals surface area (Å²) in [6.45, 7) is 1.76. The standard InChI is InChI=1S/C11H11NO3/c1-7-5-8(15-2)3-4-9(7)10(6-12)11(13)14/h3-5,10H,1-2H3,(H,13,14). The third-order valence-electron chi connectivity index (χ3n) is 2.16. The van der Waals surface area contributed by atoms with Crippen LogP contribution >= 0.6 is 0 Å². The van der Waals surface area contributed by atoms with Crippen molar-refractivity contribution in [3.63, 3.8) is 0 Å². The molecule has 0 aliphatic heterocycles. The summed E-state index contributed by atoms with van der Waals surface area (Å²) < 4.78 is 4.99. The van der Waals surface area contributed by atoms with Crippen LogP contribution in [0, 0.1) is 18.3 Å². The van der Waals surface area contributed by atoms with Gasteiger partial charge in [0.05, 0.1) is 13.2 Å². The molecule has 1 rings (SSSR count). The number of nitriles is 1. The van der Waals surface area contributed by atoms with E-state index in [0.717, 1.165) is 5.56 Å². The van der Waals surface area contributed by atoms with Gasteiger partial charge in [0.2, 0.25) is 0 Å². The first kappa shape index (κ1) is 11.1. The van der Waals surface area contributed by atoms with Crippen LogP contribution in [0.25, 0.3) is 0 Å². The van der Waals surface area contributed by atoms with Gasteiger partial charge in [0.1, 0.15) is 5.75 Å². The summed E-state index contributed by atoms with van der Waals surface area (Å²) in [6.07, 6.45) is 0. The highest BCUT2D eigenvalue weighted by molar-refractivity contribution is 5.80. The lowest BCUT2D eigenvalue weighted by Crippen LogP contribution is -2.10. The molecule has 0 heterocycles. The first-order valence-electron chi connectivity index (χ1n) is 4.37. The highest BCUT2D eigenvalue weighted by Crippen LogP contribution is 2.23. The Morgan fingerprint density at radius 3 is 2.67 bits per heavy atom. The molecule has 1 atom stereocenters. The average Bonchev–Trinajstić information content (AvgIpc) is 2.20. The lowest BCUT2D eigenvalue weighted by Gasteiger charge is -2.09. The van der Waals surface area contributed by atoms with Crippen molar-refractivity contribution in [1.82, 2.24) is 0 Å². The molecule has 0 saturated carbocycles. The minimum absolute atomic E-state index is 0.505. The predicted octanol–water partition coefficient (Wildman–Crippen LogP) is 1.70. The van der Waals surface area contributed by atoms with Gasteiger partial charge in [0.25, 0.3) is 0 Å². The van der Waals surface area contributed by atoms with E-state index >= 15 is 0 Å². The number of hydrogen-bond donors (Lipinski definition) is 1. The lowest BCUT2D eigenvalue weighted by molar-refractivity contribution is -0.137. The molecule has 4 heteroatoms. The van der Waals surface area contributed by atoms with Crippen molar-refractivity contribution >= 4 is 5.97 Å². The van der Waals surface area contributed by atoms with Crippen molar-refractivity contribution in [3.05, 3.63) is 29.3 Å². The van der Waals surface area contributed by atoms with E-state index in [4.69, 9.17) is 15.1 Å². The largest absolute Gasteiger partial charge is 0.497 e. The van der Waals surface area contributed by atoms with Crippen LogP contribution < -0.4 is 4.74 Å². The van der Waals surface area contributed by atoms with Crippen LogP contribution in [0.2, 0.25) is 0 Å². The van der Waals surface area contributed by atoms with E-state index < -0.39 is 11.9 Å². The van der Waals surface area contributed by atoms with Gasteiger partial charge in [-0.15, -0.1) is 0 Å². The number of benzene rings is 1. The zero-order valence-electron chi connectivity index (χ0n) is 8.52. The Kier molecular flexibility index (Phi) is 3.29. The summed E-state index contributed by atoms with van der Waals surface area (Å²) in [7, 11) is 1.54. The third-order valence-corrected chi connectivity index (χ3v) is 2.16. The summed E-state index contributed by atoms with van der Waals surface area (Å²) in [4.78, 5) is 10.8. The summed E-state index contributed by atoms with van der Waals surface area (Å²) in [6, 6.07) is 6.72. The summed E-state index contributed by atoms with van der Waals surface area (Å²) in [5, 5.41) is 17.6. The number of aliphatic carboxylic acids is 1. The van der Waals surface area contributed by atoms with Gasteiger partial charge < -0.3 is 9.84 Å². The van der Waals surface area contributed by atoms with Crippen LogP contribution in [0.3, 0.4) is 0 Å². The molecular weight excluding hydrogens is 194 g/mol. The zero-order chi connectivity index (χ0) is 11.4. The number of methoxy groups -OCH3 is 1. The van der Waals surface area contributed by atoms with Crippen LogP contribution in [0.1, 0.15) is 17.0 Å². The van der Waals surface area contributed by atoms with E-state index in [2.05, 4.69) is 0 Å². The first-order chi connectivity index (χ1) is 7.10. The smallest absolute Gasteiger partial charge is 0.325 e. The molecule has 4 nitrogen and oxygen atoms in total. The number of carboxylic acid groups (broad SMARTS) is 1. The van der Waals surface area contributed by atoms with E-state index in [1.165, 1.54) is 7.11 Å². The second-order valence-corrected chi connectivity index (χ2v) is 3.12. The highest BCUT2D eigenvalue weighted by atomic mass is 16.5. The molecule has 0 fully saturated rings. The number of rotatable bonds is 3. The molecule has 0 amide bonds. The van der Waals surface area contributed by atoms with Gasteiger partial charge in [-0.3, -0.25) is 4.79 Å². The normalized spacial score (nSPS) is 11.5. The van der Waals surface area contributed by atoms with Crippen molar-refractivity contribution in [2.45, 2.75) is 12.8 Å². The van der Waals surface area contributed by atoms with Crippen LogP contribution in [0.4, 0.5) is 0 Å². The van der Waals surface area contributed by atoms with Gasteiger partial charge in [-0.1, -0.05) is 6.07 Å². The molecule has 1 aromatic carbocycles. The van der Waals surface area contributed by atoms with E-state index in [-0.39, 0.29) is 0 Å². The fourth-order valence-corrected chi connectivity index (χ4v) is 1.36. The Morgan fingerprint density at radius 2 is 2.27 bits per heavy atom. The summed E-state index contributed by atoms with van der Waals surface area (Å²) in [5.41, 5.74) is 1.24. The Hall–Kier alpha value is -2.02. The van der Waals surface area contributed by atoms with E-state index in [1.807, 2.05) is 0 Å². The van der Waals surface area contributed by atoms with Crippen molar-refractivity contribution in [2.24, 2.45) is 0 Å². The molecule has 0 aliphatic carbocycles. The van der Waals surface area contributed by atoms with Gasteiger partial charge in [-0.05, 0) is 30.2 Å². The molecule has 0 saturated heterocycles. The number of carbonyl (C=O) groups is 1. The maximum Gasteiger partial charge on any atom is 0.325 e. The summed E-state index contributed by atoms with van der Waals surface area (Å²) in [5.74, 6) is -1.60. The number of nitrogens with zero attached hydrogens (tertiary/aromatic N) is 1. The molecule has 0 aromatic heterocycles. The van der Waals surface area contributed by atoms with Crippen LogP contribution in [-0.4, -0.2) is 18.2 Å². The average molecular weight is 205 g/mol. The maximum absolute atomic E-state index is 10.8. The maximum atomic E-state index is 10.8. The molecule has 1 aromatic rings. The molecular formula is C11H11NO3. The van der Waals surface area contributed by atoms with Gasteiger partial charge in [-0.2, -0.15) is 5.26 Å². The van der Waals surface area contributed by atoms with Crippen LogP contribution in [0.5, 0.6) is 5.75 Å². The minimum Gasteiger partial charge on any atom is -0.497 e. The fraction of sp³-hybridized carbons (Fsp3) is 0.273. The molecule has 0 radical (unpaired) electrons. The molecule has 0 bridgehead atoms. The van der Waals surface area contributed by atoms with Crippen molar-refractivity contribution in [1.29, 1.82) is 5.26 Å². The third kappa shape index (κ3) is 2.26. The van der Waals surface area contributed by atoms with E-state index in [9.17, 15) is 4.79 Å². The number of aryl methyl sites for hydroxylation is 1. The van der Waals surface area contributed by atoms with Gasteiger partial charge in [0, 0.05) is 0 Å². The SMILES string of the molecule is COc1ccc(C(C#N)C(=O)O)c(C)c1. The second-order valence-electron chi connectivity index (χ2n) is 3.12. The Balaban J connectivity index is 3.16. The Labute approximate surface area is 87.7 Å². The van der Waals surface area contributed by atoms with E-state index in [1.54, 1.807) is 31.2 Å². The number of ether oxygens (including phenoxy) is 1. The van der Waals surface area contributed by atoms with Gasteiger partial charge >= 0.3 is 5.97 Å². The molecule has 1 N–H and O–H groups in total. The molecule has 0 aliphatic rings. The van der Waals surface area contributed by atoms with Gasteiger partial charge in [0.15, 0.2) is 5.92 Å². The zero-order valence-corrected chi connectivity index (χ0v) is 8.52. The number of carboxylic acids is 1. The molecule has 78 valence electrons. The molecule has 0 spiro atoms. The molecule has 15 heavy (non-hydrogen) atoms. The Bertz CT molecular complexity index is 420. The lowest BCUT2D eigenvalue weighted by atomic mass is 9.96. The van der Waals surface area contributed by atoms with Crippen LogP contribution in [-0.2, 0) is 4.79 Å².